The lowest BCUT2D eigenvalue weighted by molar-refractivity contribution is 0.667. The van der Waals surface area contributed by atoms with E-state index in [0.29, 0.717) is 11.4 Å². The van der Waals surface area contributed by atoms with Crippen LogP contribution in [0.3, 0.4) is 0 Å². The van der Waals surface area contributed by atoms with Crippen molar-refractivity contribution in [3.63, 3.8) is 0 Å². The molecule has 0 saturated heterocycles. The molecule has 58 heavy (non-hydrogen) atoms. The van der Waals surface area contributed by atoms with E-state index in [1.807, 2.05) is 59.9 Å². The standard InChI is InChI=1S/C52H31N3O2S/c1-3-13-33(14-4-1)48-51-49(40-19-8-11-21-44(40)57-51)54-52(53-48)41-29-28-37(50-47(41)39-18-7-10-20-43(39)56-50)32-23-25-35(26-24-32)55(34-15-5-2-6-16-34)36-27-30-46-42(31-36)38-17-9-12-22-45(38)58-46/h1-31H. The molecule has 5 nitrogen and oxygen atoms in total. The summed E-state index contributed by atoms with van der Waals surface area (Å²) in [5, 5.41) is 5.50. The van der Waals surface area contributed by atoms with E-state index in [9.17, 15) is 0 Å². The topological polar surface area (TPSA) is 55.3 Å². The number of fused-ring (bicyclic) bond motifs is 9. The molecule has 0 atom stereocenters. The minimum Gasteiger partial charge on any atom is -0.455 e. The second-order valence-electron chi connectivity index (χ2n) is 14.5. The van der Waals surface area contributed by atoms with Gasteiger partial charge in [0.05, 0.1) is 0 Å². The summed E-state index contributed by atoms with van der Waals surface area (Å²) in [6.45, 7) is 0. The zero-order chi connectivity index (χ0) is 38.2. The van der Waals surface area contributed by atoms with E-state index in [1.165, 1.54) is 20.2 Å². The van der Waals surface area contributed by atoms with E-state index in [-0.39, 0.29) is 0 Å². The van der Waals surface area contributed by atoms with E-state index in [1.54, 1.807) is 0 Å². The predicted molar refractivity (Wildman–Crippen MR) is 240 cm³/mol. The van der Waals surface area contributed by atoms with Crippen molar-refractivity contribution >= 4 is 92.6 Å². The fraction of sp³-hybridized carbons (Fsp3) is 0. The van der Waals surface area contributed by atoms with Crippen LogP contribution in [0.1, 0.15) is 0 Å². The van der Waals surface area contributed by atoms with Gasteiger partial charge in [0.25, 0.3) is 0 Å². The summed E-state index contributed by atoms with van der Waals surface area (Å²) in [6.07, 6.45) is 0. The fourth-order valence-corrected chi connectivity index (χ4v) is 9.50. The van der Waals surface area contributed by atoms with Gasteiger partial charge in [-0.15, -0.1) is 11.3 Å². The van der Waals surface area contributed by atoms with Gasteiger partial charge in [-0.1, -0.05) is 109 Å². The Labute approximate surface area is 336 Å². The Bertz CT molecular complexity index is 3510. The zero-order valence-electron chi connectivity index (χ0n) is 31.0. The van der Waals surface area contributed by atoms with Gasteiger partial charge >= 0.3 is 0 Å². The molecule has 4 heterocycles. The summed E-state index contributed by atoms with van der Waals surface area (Å²) >= 11 is 1.84. The monoisotopic (exact) mass is 761 g/mol. The van der Waals surface area contributed by atoms with Gasteiger partial charge in [0.1, 0.15) is 28.0 Å². The van der Waals surface area contributed by atoms with Crippen molar-refractivity contribution < 1.29 is 8.83 Å². The molecule has 0 aliphatic heterocycles. The summed E-state index contributed by atoms with van der Waals surface area (Å²) in [7, 11) is 0. The van der Waals surface area contributed by atoms with E-state index in [4.69, 9.17) is 18.8 Å². The Hall–Kier alpha value is -7.54. The highest BCUT2D eigenvalue weighted by Gasteiger charge is 2.23. The highest BCUT2D eigenvalue weighted by atomic mass is 32.1. The van der Waals surface area contributed by atoms with Crippen molar-refractivity contribution in [2.24, 2.45) is 0 Å². The number of para-hydroxylation sites is 3. The highest BCUT2D eigenvalue weighted by molar-refractivity contribution is 7.25. The minimum atomic E-state index is 0.616. The summed E-state index contributed by atoms with van der Waals surface area (Å²) in [5.74, 6) is 0.616. The van der Waals surface area contributed by atoms with Crippen LogP contribution in [0.2, 0.25) is 0 Å². The molecule has 0 N–H and O–H groups in total. The van der Waals surface area contributed by atoms with Gasteiger partial charge in [-0.05, 0) is 84.4 Å². The third-order valence-corrected chi connectivity index (χ3v) is 12.3. The zero-order valence-corrected chi connectivity index (χ0v) is 31.8. The van der Waals surface area contributed by atoms with Gasteiger partial charge in [-0.2, -0.15) is 0 Å². The molecule has 0 aliphatic rings. The number of benzene rings is 8. The molecule has 6 heteroatoms. The molecule has 0 radical (unpaired) electrons. The van der Waals surface area contributed by atoms with Crippen LogP contribution in [0, 0.1) is 0 Å². The first-order valence-corrected chi connectivity index (χ1v) is 20.1. The predicted octanol–water partition coefficient (Wildman–Crippen LogP) is 15.1. The molecule has 0 spiro atoms. The highest BCUT2D eigenvalue weighted by Crippen LogP contribution is 2.45. The van der Waals surface area contributed by atoms with Crippen molar-refractivity contribution in [3.05, 3.63) is 188 Å². The molecule has 0 bridgehead atoms. The summed E-state index contributed by atoms with van der Waals surface area (Å²) in [5.41, 5.74) is 11.8. The number of anilines is 3. The molecule has 0 saturated carbocycles. The van der Waals surface area contributed by atoms with E-state index >= 15 is 0 Å². The summed E-state index contributed by atoms with van der Waals surface area (Å²) < 4.78 is 15.8. The van der Waals surface area contributed by atoms with Crippen molar-refractivity contribution in [2.75, 3.05) is 4.90 Å². The Kier molecular flexibility index (Phi) is 7.33. The van der Waals surface area contributed by atoms with E-state index in [2.05, 4.69) is 144 Å². The van der Waals surface area contributed by atoms with Crippen LogP contribution in [0.25, 0.3) is 98.0 Å². The molecular weight excluding hydrogens is 731 g/mol. The molecular formula is C52H31N3O2S. The lowest BCUT2D eigenvalue weighted by Crippen LogP contribution is -2.09. The molecule has 12 aromatic rings. The maximum absolute atomic E-state index is 6.76. The number of hydrogen-bond acceptors (Lipinski definition) is 6. The van der Waals surface area contributed by atoms with Gasteiger partial charge in [-0.25, -0.2) is 9.97 Å². The third kappa shape index (κ3) is 5.16. The smallest absolute Gasteiger partial charge is 0.180 e. The molecule has 0 fully saturated rings. The van der Waals surface area contributed by atoms with E-state index in [0.717, 1.165) is 83.4 Å². The molecule has 8 aromatic carbocycles. The van der Waals surface area contributed by atoms with Crippen LogP contribution in [-0.2, 0) is 0 Å². The maximum Gasteiger partial charge on any atom is 0.180 e. The molecule has 0 aliphatic carbocycles. The first-order chi connectivity index (χ1) is 28.7. The minimum absolute atomic E-state index is 0.616. The number of thiophene rings is 1. The second-order valence-corrected chi connectivity index (χ2v) is 15.6. The fourth-order valence-electron chi connectivity index (χ4n) is 8.41. The van der Waals surface area contributed by atoms with Crippen LogP contribution in [0.15, 0.2) is 197 Å². The number of rotatable bonds is 6. The van der Waals surface area contributed by atoms with Crippen molar-refractivity contribution in [3.8, 4) is 33.8 Å². The Morgan fingerprint density at radius 1 is 0.414 bits per heavy atom. The normalized spacial score (nSPS) is 11.8. The quantitative estimate of drug-likeness (QED) is 0.169. The first-order valence-electron chi connectivity index (χ1n) is 19.3. The molecule has 0 amide bonds. The third-order valence-electron chi connectivity index (χ3n) is 11.1. The summed E-state index contributed by atoms with van der Waals surface area (Å²) in [4.78, 5) is 12.8. The SMILES string of the molecule is c1ccc(-c2nc(-c3ccc(-c4ccc(N(c5ccccc5)c5ccc6sc7ccccc7c6c5)cc4)c4oc5ccccc5c34)nc3c2oc2ccccc23)cc1. The Morgan fingerprint density at radius 3 is 1.83 bits per heavy atom. The van der Waals surface area contributed by atoms with Crippen LogP contribution in [0.5, 0.6) is 0 Å². The average Bonchev–Trinajstić information content (AvgIpc) is 3.99. The average molecular weight is 762 g/mol. The molecule has 4 aromatic heterocycles. The second kappa shape index (κ2) is 13.0. The van der Waals surface area contributed by atoms with Gasteiger partial charge in [0.15, 0.2) is 11.4 Å². The number of aromatic nitrogens is 2. The van der Waals surface area contributed by atoms with Crippen LogP contribution >= 0.6 is 11.3 Å². The Morgan fingerprint density at radius 2 is 1.02 bits per heavy atom. The van der Waals surface area contributed by atoms with Gasteiger partial charge in [-0.3, -0.25) is 0 Å². The van der Waals surface area contributed by atoms with Crippen molar-refractivity contribution in [1.82, 2.24) is 9.97 Å². The molecule has 272 valence electrons. The van der Waals surface area contributed by atoms with E-state index < -0.39 is 0 Å². The molecule has 0 unspecified atom stereocenters. The van der Waals surface area contributed by atoms with Crippen molar-refractivity contribution in [2.45, 2.75) is 0 Å². The van der Waals surface area contributed by atoms with Crippen LogP contribution < -0.4 is 4.90 Å². The van der Waals surface area contributed by atoms with Gasteiger partial charge < -0.3 is 13.7 Å². The van der Waals surface area contributed by atoms with Crippen molar-refractivity contribution in [1.29, 1.82) is 0 Å². The first kappa shape index (κ1) is 32.7. The lowest BCUT2D eigenvalue weighted by atomic mass is 9.97. The summed E-state index contributed by atoms with van der Waals surface area (Å²) in [6, 6.07) is 65.5. The maximum atomic E-state index is 6.76. The van der Waals surface area contributed by atoms with Crippen LogP contribution in [0.4, 0.5) is 17.1 Å². The largest absolute Gasteiger partial charge is 0.455 e. The van der Waals surface area contributed by atoms with Gasteiger partial charge in [0, 0.05) is 70.1 Å². The number of nitrogens with zero attached hydrogens (tertiary/aromatic N) is 3. The Balaban J connectivity index is 1.02. The van der Waals surface area contributed by atoms with Gasteiger partial charge in [0.2, 0.25) is 0 Å². The number of hydrogen-bond donors (Lipinski definition) is 0. The van der Waals surface area contributed by atoms with Crippen LogP contribution in [-0.4, -0.2) is 9.97 Å². The number of furan rings is 2. The molecule has 12 rings (SSSR count). The lowest BCUT2D eigenvalue weighted by Gasteiger charge is -2.26.